The molecular weight excluding hydrogens is 370 g/mol. The van der Waals surface area contributed by atoms with Crippen molar-refractivity contribution in [3.05, 3.63) is 32.6 Å². The highest BCUT2D eigenvalue weighted by Gasteiger charge is 2.33. The van der Waals surface area contributed by atoms with Gasteiger partial charge in [0.2, 0.25) is 10.8 Å². The van der Waals surface area contributed by atoms with Crippen LogP contribution in [0.2, 0.25) is 0 Å². The zero-order chi connectivity index (χ0) is 18.3. The number of aliphatic hydroxyl groups excluding tert-OH is 1. The predicted octanol–water partition coefficient (Wildman–Crippen LogP) is 1.87. The smallest absolute Gasteiger partial charge is 0.230 e. The fourth-order valence-corrected chi connectivity index (χ4v) is 5.82. The second-order valence-corrected chi connectivity index (χ2v) is 8.57. The molecule has 0 saturated carbocycles. The van der Waals surface area contributed by atoms with Crippen LogP contribution in [-0.4, -0.2) is 73.9 Å². The molecule has 0 amide bonds. The first-order valence-electron chi connectivity index (χ1n) is 8.74. The van der Waals surface area contributed by atoms with Crippen LogP contribution in [0, 0.1) is 13.8 Å². The number of piperazine rings is 1. The lowest BCUT2D eigenvalue weighted by atomic mass is 10.1. The molecule has 4 heterocycles. The number of hydrogen-bond donors (Lipinski definition) is 2. The minimum Gasteiger partial charge on any atom is -0.492 e. The summed E-state index contributed by atoms with van der Waals surface area (Å²) in [7, 11) is 0. The van der Waals surface area contributed by atoms with Crippen molar-refractivity contribution in [1.82, 2.24) is 24.4 Å². The van der Waals surface area contributed by atoms with Crippen LogP contribution in [0.1, 0.15) is 27.2 Å². The van der Waals surface area contributed by atoms with Gasteiger partial charge < -0.3 is 10.2 Å². The molecule has 0 aromatic carbocycles. The zero-order valence-electron chi connectivity index (χ0n) is 14.9. The Morgan fingerprint density at radius 1 is 1.19 bits per heavy atom. The first-order chi connectivity index (χ1) is 12.6. The van der Waals surface area contributed by atoms with E-state index in [4.69, 9.17) is 0 Å². The van der Waals surface area contributed by atoms with Crippen molar-refractivity contribution in [2.24, 2.45) is 0 Å². The highest BCUT2D eigenvalue weighted by molar-refractivity contribution is 7.17. The van der Waals surface area contributed by atoms with E-state index in [1.165, 1.54) is 21.8 Å². The van der Waals surface area contributed by atoms with Gasteiger partial charge in [-0.3, -0.25) is 9.80 Å². The first kappa shape index (κ1) is 17.9. The van der Waals surface area contributed by atoms with Gasteiger partial charge in [-0.25, -0.2) is 4.98 Å². The highest BCUT2D eigenvalue weighted by Crippen LogP contribution is 2.42. The third-order valence-corrected chi connectivity index (χ3v) is 7.04. The molecule has 9 heteroatoms. The normalized spacial score (nSPS) is 18.0. The Hall–Kier alpha value is -1.52. The maximum Gasteiger partial charge on any atom is 0.230 e. The molecule has 1 unspecified atom stereocenters. The summed E-state index contributed by atoms with van der Waals surface area (Å²) in [5, 5.41) is 26.4. The van der Waals surface area contributed by atoms with Crippen LogP contribution in [-0.2, 0) is 0 Å². The number of fused-ring (bicyclic) bond motifs is 1. The number of β-amino-alcohol motifs (C(OH)–C–C–N with tert-alkyl or cyclic N) is 1. The quantitative estimate of drug-likeness (QED) is 0.689. The maximum atomic E-state index is 10.8. The molecule has 3 aromatic heterocycles. The maximum absolute atomic E-state index is 10.8. The predicted molar refractivity (Wildman–Crippen MR) is 103 cm³/mol. The Morgan fingerprint density at radius 3 is 2.58 bits per heavy atom. The van der Waals surface area contributed by atoms with Crippen LogP contribution in [0.5, 0.6) is 5.88 Å². The minimum atomic E-state index is 0.0140. The van der Waals surface area contributed by atoms with E-state index in [1.807, 2.05) is 6.92 Å². The Bertz CT molecular complexity index is 894. The van der Waals surface area contributed by atoms with Crippen LogP contribution in [0.4, 0.5) is 0 Å². The summed E-state index contributed by atoms with van der Waals surface area (Å²) in [6.07, 6.45) is 0. The van der Waals surface area contributed by atoms with Crippen LogP contribution in [0.3, 0.4) is 0 Å². The first-order valence-corrected chi connectivity index (χ1v) is 10.4. The van der Waals surface area contributed by atoms with Crippen LogP contribution >= 0.6 is 22.7 Å². The Labute approximate surface area is 160 Å². The van der Waals surface area contributed by atoms with E-state index in [9.17, 15) is 10.2 Å². The topological polar surface area (TPSA) is 77.1 Å². The molecule has 7 nitrogen and oxygen atoms in total. The van der Waals surface area contributed by atoms with Gasteiger partial charge in [-0.2, -0.15) is 4.52 Å². The van der Waals surface area contributed by atoms with Crippen molar-refractivity contribution in [1.29, 1.82) is 0 Å². The summed E-state index contributed by atoms with van der Waals surface area (Å²) in [6, 6.07) is 2.15. The summed E-state index contributed by atoms with van der Waals surface area (Å²) in [4.78, 5) is 12.0. The summed E-state index contributed by atoms with van der Waals surface area (Å²) in [5.74, 6) is 0.862. The zero-order valence-corrected chi connectivity index (χ0v) is 16.6. The largest absolute Gasteiger partial charge is 0.492 e. The van der Waals surface area contributed by atoms with E-state index in [0.717, 1.165) is 42.6 Å². The molecule has 1 fully saturated rings. The van der Waals surface area contributed by atoms with Crippen molar-refractivity contribution in [3.8, 4) is 5.88 Å². The molecule has 0 bridgehead atoms. The Balaban J connectivity index is 1.71. The van der Waals surface area contributed by atoms with Crippen molar-refractivity contribution in [2.75, 3.05) is 39.3 Å². The molecule has 3 aromatic rings. The summed E-state index contributed by atoms with van der Waals surface area (Å²) >= 11 is 3.25. The lowest BCUT2D eigenvalue weighted by Crippen LogP contribution is -2.48. The molecule has 1 saturated heterocycles. The van der Waals surface area contributed by atoms with E-state index in [1.54, 1.807) is 15.9 Å². The van der Waals surface area contributed by atoms with Gasteiger partial charge in [0.05, 0.1) is 17.5 Å². The van der Waals surface area contributed by atoms with E-state index in [-0.39, 0.29) is 18.5 Å². The summed E-state index contributed by atoms with van der Waals surface area (Å²) in [5.41, 5.74) is 1.24. The van der Waals surface area contributed by atoms with E-state index < -0.39 is 0 Å². The van der Waals surface area contributed by atoms with Gasteiger partial charge in [-0.1, -0.05) is 11.3 Å². The minimum absolute atomic E-state index is 0.0140. The lowest BCUT2D eigenvalue weighted by molar-refractivity contribution is 0.0953. The average Bonchev–Trinajstić information content (AvgIpc) is 3.28. The SMILES string of the molecule is Cc1nc2sc(C(c3sccc3C)N3CCN(CCO)CC3)c(O)n2n1. The summed E-state index contributed by atoms with van der Waals surface area (Å²) in [6.45, 7) is 8.50. The van der Waals surface area contributed by atoms with Gasteiger partial charge in [0.15, 0.2) is 0 Å². The molecule has 1 aliphatic rings. The van der Waals surface area contributed by atoms with E-state index >= 15 is 0 Å². The lowest BCUT2D eigenvalue weighted by Gasteiger charge is -2.38. The third kappa shape index (κ3) is 3.14. The standard InChI is InChI=1S/C17H23N5O2S2/c1-11-3-10-25-14(11)13(21-6-4-20(5-7-21)8-9-23)15-16(24)22-17(26-15)18-12(2)19-22/h3,10,13,23-24H,4-9H2,1-2H3. The second-order valence-electron chi connectivity index (χ2n) is 6.61. The molecule has 4 rings (SSSR count). The van der Waals surface area contributed by atoms with E-state index in [2.05, 4.69) is 38.3 Å². The number of rotatable bonds is 5. The average molecular weight is 394 g/mol. The molecule has 0 aliphatic carbocycles. The van der Waals surface area contributed by atoms with Crippen molar-refractivity contribution < 1.29 is 10.2 Å². The fraction of sp³-hybridized carbons (Fsp3) is 0.529. The van der Waals surface area contributed by atoms with Crippen molar-refractivity contribution in [3.63, 3.8) is 0 Å². The van der Waals surface area contributed by atoms with Crippen LogP contribution in [0.15, 0.2) is 11.4 Å². The van der Waals surface area contributed by atoms with Crippen LogP contribution < -0.4 is 0 Å². The fourth-order valence-electron chi connectivity index (χ4n) is 3.53. The number of thiazole rings is 1. The van der Waals surface area contributed by atoms with Gasteiger partial charge in [-0.05, 0) is 30.9 Å². The molecule has 1 aliphatic heterocycles. The molecule has 2 N–H and O–H groups in total. The van der Waals surface area contributed by atoms with E-state index in [0.29, 0.717) is 5.82 Å². The molecule has 26 heavy (non-hydrogen) atoms. The number of hydrogen-bond acceptors (Lipinski definition) is 8. The number of nitrogens with zero attached hydrogens (tertiary/aromatic N) is 5. The van der Waals surface area contributed by atoms with Gasteiger partial charge in [0.1, 0.15) is 5.82 Å². The second kappa shape index (κ2) is 7.24. The Morgan fingerprint density at radius 2 is 1.96 bits per heavy atom. The number of aromatic hydroxyl groups is 1. The van der Waals surface area contributed by atoms with Crippen LogP contribution in [0.25, 0.3) is 4.96 Å². The Kier molecular flexibility index (Phi) is 4.98. The molecule has 1 atom stereocenters. The number of aliphatic hydroxyl groups is 1. The molecular formula is C17H23N5O2S2. The van der Waals surface area contributed by atoms with Gasteiger partial charge in [-0.15, -0.1) is 16.4 Å². The van der Waals surface area contributed by atoms with Gasteiger partial charge in [0.25, 0.3) is 0 Å². The molecule has 0 radical (unpaired) electrons. The highest BCUT2D eigenvalue weighted by atomic mass is 32.1. The number of aryl methyl sites for hydroxylation is 2. The monoisotopic (exact) mass is 393 g/mol. The van der Waals surface area contributed by atoms with Crippen molar-refractivity contribution in [2.45, 2.75) is 19.9 Å². The van der Waals surface area contributed by atoms with Gasteiger partial charge in [0, 0.05) is 37.6 Å². The summed E-state index contributed by atoms with van der Waals surface area (Å²) < 4.78 is 1.55. The van der Waals surface area contributed by atoms with Gasteiger partial charge >= 0.3 is 0 Å². The van der Waals surface area contributed by atoms with Crippen molar-refractivity contribution >= 4 is 27.6 Å². The molecule has 0 spiro atoms. The third-order valence-electron chi connectivity index (χ3n) is 4.89. The number of thiophene rings is 1. The number of aromatic nitrogens is 3. The molecule has 140 valence electrons.